The lowest BCUT2D eigenvalue weighted by molar-refractivity contribution is -0.118. The fourth-order valence-corrected chi connectivity index (χ4v) is 6.24. The van der Waals surface area contributed by atoms with E-state index in [-0.39, 0.29) is 10.8 Å². The summed E-state index contributed by atoms with van der Waals surface area (Å²) >= 11 is 0. The summed E-state index contributed by atoms with van der Waals surface area (Å²) in [5.74, 6) is 2.10. The van der Waals surface area contributed by atoms with E-state index in [1.807, 2.05) is 13.0 Å². The van der Waals surface area contributed by atoms with Crippen LogP contribution in [0.5, 0.6) is 0 Å². The lowest BCUT2D eigenvalue weighted by Gasteiger charge is -2.56. The molecule has 4 aliphatic rings. The molecule has 22 heavy (non-hydrogen) atoms. The van der Waals surface area contributed by atoms with Crippen LogP contribution in [0.15, 0.2) is 23.8 Å². The van der Waals surface area contributed by atoms with Crippen molar-refractivity contribution in [2.45, 2.75) is 64.9 Å². The summed E-state index contributed by atoms with van der Waals surface area (Å²) < 4.78 is 0. The zero-order chi connectivity index (χ0) is 15.8. The van der Waals surface area contributed by atoms with Gasteiger partial charge in [0.05, 0.1) is 5.60 Å². The average Bonchev–Trinajstić information content (AvgIpc) is 2.70. The average molecular weight is 300 g/mol. The van der Waals surface area contributed by atoms with E-state index in [0.29, 0.717) is 30.0 Å². The quantitative estimate of drug-likeness (QED) is 0.733. The molecule has 2 saturated carbocycles. The van der Waals surface area contributed by atoms with Crippen molar-refractivity contribution in [3.63, 3.8) is 0 Å². The van der Waals surface area contributed by atoms with Crippen molar-refractivity contribution >= 4 is 5.78 Å². The Hall–Kier alpha value is -0.890. The number of hydrogen-bond donors (Lipinski definition) is 1. The van der Waals surface area contributed by atoms with Gasteiger partial charge in [0.1, 0.15) is 0 Å². The summed E-state index contributed by atoms with van der Waals surface area (Å²) in [7, 11) is 0. The van der Waals surface area contributed by atoms with Gasteiger partial charge in [0.15, 0.2) is 5.78 Å². The zero-order valence-electron chi connectivity index (χ0n) is 14.1. The summed E-state index contributed by atoms with van der Waals surface area (Å²) in [6.45, 7) is 6.74. The molecule has 0 aromatic heterocycles. The van der Waals surface area contributed by atoms with Gasteiger partial charge in [0.2, 0.25) is 0 Å². The molecular formula is C20H28O2. The van der Waals surface area contributed by atoms with Gasteiger partial charge in [-0.15, -0.1) is 0 Å². The maximum absolute atomic E-state index is 11.8. The normalized spacial score (nSPS) is 53.5. The maximum atomic E-state index is 11.8. The van der Waals surface area contributed by atoms with Crippen LogP contribution in [0.25, 0.3) is 0 Å². The molecule has 2 fully saturated rings. The van der Waals surface area contributed by atoms with Gasteiger partial charge in [-0.25, -0.2) is 0 Å². The number of fused-ring (bicyclic) bond motifs is 5. The van der Waals surface area contributed by atoms with E-state index in [1.54, 1.807) is 0 Å². The SMILES string of the molecule is C[C@]1(O)CC[C@@H]2[C@@H]3C=CC4=CC(=O)CC[C@@]4(C)[C@H]3CC[C@]21C. The Labute approximate surface area is 133 Å². The van der Waals surface area contributed by atoms with E-state index in [1.165, 1.54) is 12.0 Å². The number of carbonyl (C=O) groups excluding carboxylic acids is 1. The van der Waals surface area contributed by atoms with Crippen LogP contribution in [0.2, 0.25) is 0 Å². The van der Waals surface area contributed by atoms with Gasteiger partial charge < -0.3 is 5.11 Å². The molecule has 0 unspecified atom stereocenters. The van der Waals surface area contributed by atoms with Crippen molar-refractivity contribution in [2.24, 2.45) is 28.6 Å². The number of ketones is 1. The van der Waals surface area contributed by atoms with Crippen LogP contribution in [0.1, 0.15) is 59.3 Å². The minimum absolute atomic E-state index is 0.0561. The van der Waals surface area contributed by atoms with Crippen molar-refractivity contribution in [3.8, 4) is 0 Å². The zero-order valence-corrected chi connectivity index (χ0v) is 14.1. The first kappa shape index (κ1) is 14.7. The van der Waals surface area contributed by atoms with E-state index in [9.17, 15) is 9.90 Å². The second kappa shape index (κ2) is 4.35. The largest absolute Gasteiger partial charge is 0.390 e. The van der Waals surface area contributed by atoms with Crippen molar-refractivity contribution < 1.29 is 9.90 Å². The van der Waals surface area contributed by atoms with Crippen molar-refractivity contribution in [1.82, 2.24) is 0 Å². The molecular weight excluding hydrogens is 272 g/mol. The van der Waals surface area contributed by atoms with Gasteiger partial charge in [0, 0.05) is 6.42 Å². The summed E-state index contributed by atoms with van der Waals surface area (Å²) in [5, 5.41) is 10.9. The van der Waals surface area contributed by atoms with Crippen LogP contribution in [0, 0.1) is 28.6 Å². The number of aliphatic hydroxyl groups is 1. The van der Waals surface area contributed by atoms with Crippen LogP contribution < -0.4 is 0 Å². The Morgan fingerprint density at radius 1 is 1.09 bits per heavy atom. The second-order valence-electron chi connectivity index (χ2n) is 8.90. The van der Waals surface area contributed by atoms with E-state index in [4.69, 9.17) is 0 Å². The Kier molecular flexibility index (Phi) is 2.90. The maximum Gasteiger partial charge on any atom is 0.156 e. The fourth-order valence-electron chi connectivity index (χ4n) is 6.24. The van der Waals surface area contributed by atoms with Crippen LogP contribution >= 0.6 is 0 Å². The first-order valence-corrected chi connectivity index (χ1v) is 8.94. The molecule has 2 nitrogen and oxygen atoms in total. The van der Waals surface area contributed by atoms with Crippen molar-refractivity contribution in [3.05, 3.63) is 23.8 Å². The number of allylic oxidation sites excluding steroid dienone is 4. The third-order valence-corrected chi connectivity index (χ3v) is 8.08. The molecule has 4 rings (SSSR count). The smallest absolute Gasteiger partial charge is 0.156 e. The summed E-state index contributed by atoms with van der Waals surface area (Å²) in [5.41, 5.74) is 0.970. The number of hydrogen-bond acceptors (Lipinski definition) is 2. The van der Waals surface area contributed by atoms with Gasteiger partial charge in [-0.3, -0.25) is 4.79 Å². The Morgan fingerprint density at radius 2 is 1.82 bits per heavy atom. The van der Waals surface area contributed by atoms with Crippen LogP contribution in [-0.2, 0) is 4.79 Å². The third-order valence-electron chi connectivity index (χ3n) is 8.08. The van der Waals surface area contributed by atoms with Gasteiger partial charge in [-0.05, 0) is 79.3 Å². The lowest BCUT2D eigenvalue weighted by Crippen LogP contribution is -2.52. The predicted molar refractivity (Wildman–Crippen MR) is 87.2 cm³/mol. The molecule has 0 bridgehead atoms. The molecule has 0 aromatic carbocycles. The summed E-state index contributed by atoms with van der Waals surface area (Å²) in [6.07, 6.45) is 12.6. The molecule has 0 saturated heterocycles. The Morgan fingerprint density at radius 3 is 2.59 bits per heavy atom. The highest BCUT2D eigenvalue weighted by Gasteiger charge is 2.61. The molecule has 0 aliphatic heterocycles. The minimum atomic E-state index is -0.518. The van der Waals surface area contributed by atoms with E-state index in [0.717, 1.165) is 25.7 Å². The third kappa shape index (κ3) is 1.68. The van der Waals surface area contributed by atoms with Crippen molar-refractivity contribution in [2.75, 3.05) is 0 Å². The van der Waals surface area contributed by atoms with Crippen LogP contribution in [0.3, 0.4) is 0 Å². The number of carbonyl (C=O) groups is 1. The standard InChI is InChI=1S/C20H28O2/c1-18-9-6-14(21)12-13(18)4-5-15-16(18)7-10-19(2)17(15)8-11-20(19,3)22/h4-5,12,15-17,22H,6-11H2,1-3H3/t15-,16+,17-,18-,19-,20+/m1/s1. The first-order chi connectivity index (χ1) is 10.3. The molecule has 0 radical (unpaired) electrons. The van der Waals surface area contributed by atoms with Crippen LogP contribution in [-0.4, -0.2) is 16.5 Å². The molecule has 120 valence electrons. The number of rotatable bonds is 0. The van der Waals surface area contributed by atoms with Gasteiger partial charge in [-0.1, -0.05) is 26.0 Å². The fraction of sp³-hybridized carbons (Fsp3) is 0.750. The first-order valence-electron chi connectivity index (χ1n) is 8.94. The van der Waals surface area contributed by atoms with Gasteiger partial charge in [0.25, 0.3) is 0 Å². The highest BCUT2D eigenvalue weighted by Crippen LogP contribution is 2.65. The lowest BCUT2D eigenvalue weighted by atomic mass is 9.48. The second-order valence-corrected chi connectivity index (χ2v) is 8.90. The molecule has 0 amide bonds. The Balaban J connectivity index is 1.76. The molecule has 0 heterocycles. The van der Waals surface area contributed by atoms with E-state index >= 15 is 0 Å². The molecule has 6 atom stereocenters. The molecule has 4 aliphatic carbocycles. The van der Waals surface area contributed by atoms with Crippen molar-refractivity contribution in [1.29, 1.82) is 0 Å². The van der Waals surface area contributed by atoms with Gasteiger partial charge >= 0.3 is 0 Å². The molecule has 2 heteroatoms. The highest BCUT2D eigenvalue weighted by atomic mass is 16.3. The highest BCUT2D eigenvalue weighted by molar-refractivity contribution is 5.92. The summed E-state index contributed by atoms with van der Waals surface area (Å²) in [4.78, 5) is 11.8. The monoisotopic (exact) mass is 300 g/mol. The van der Waals surface area contributed by atoms with E-state index in [2.05, 4.69) is 26.0 Å². The van der Waals surface area contributed by atoms with Crippen LogP contribution in [0.4, 0.5) is 0 Å². The Bertz CT molecular complexity index is 585. The topological polar surface area (TPSA) is 37.3 Å². The predicted octanol–water partition coefficient (Wildman–Crippen LogP) is 4.05. The van der Waals surface area contributed by atoms with Gasteiger partial charge in [-0.2, -0.15) is 0 Å². The molecule has 1 N–H and O–H groups in total. The molecule has 0 spiro atoms. The molecule has 0 aromatic rings. The summed E-state index contributed by atoms with van der Waals surface area (Å²) in [6, 6.07) is 0. The minimum Gasteiger partial charge on any atom is -0.390 e. The van der Waals surface area contributed by atoms with E-state index < -0.39 is 5.60 Å².